The zero-order chi connectivity index (χ0) is 13.5. The Morgan fingerprint density at radius 1 is 1.00 bits per heavy atom. The quantitative estimate of drug-likeness (QED) is 0.410. The second-order valence-corrected chi connectivity index (χ2v) is 3.96. The van der Waals surface area contributed by atoms with Crippen molar-refractivity contribution in [1.29, 1.82) is 0 Å². The molecule has 0 radical (unpaired) electrons. The first kappa shape index (κ1) is 15.3. The zero-order valence-corrected chi connectivity index (χ0v) is 10.1. The van der Waals surface area contributed by atoms with Crippen LogP contribution in [0, 0.1) is 0 Å². The van der Waals surface area contributed by atoms with E-state index in [0.29, 0.717) is 6.61 Å². The zero-order valence-electron chi connectivity index (χ0n) is 10.1. The van der Waals surface area contributed by atoms with Crippen LogP contribution in [-0.2, 0) is 14.2 Å². The first-order chi connectivity index (χ1) is 8.61. The van der Waals surface area contributed by atoms with E-state index in [4.69, 9.17) is 14.2 Å². The van der Waals surface area contributed by atoms with Gasteiger partial charge in [0.05, 0.1) is 19.8 Å². The molecule has 0 aromatic heterocycles. The lowest BCUT2D eigenvalue weighted by Crippen LogP contribution is -2.59. The van der Waals surface area contributed by atoms with Gasteiger partial charge in [-0.15, -0.1) is 13.2 Å². The van der Waals surface area contributed by atoms with Gasteiger partial charge in [0, 0.05) is 0 Å². The molecule has 0 bridgehead atoms. The predicted octanol–water partition coefficient (Wildman–Crippen LogP) is -0.801. The summed E-state index contributed by atoms with van der Waals surface area (Å²) >= 11 is 0. The third kappa shape index (κ3) is 3.88. The summed E-state index contributed by atoms with van der Waals surface area (Å²) in [4.78, 5) is 0. The molecule has 1 heterocycles. The van der Waals surface area contributed by atoms with Gasteiger partial charge in [0.1, 0.15) is 24.4 Å². The summed E-state index contributed by atoms with van der Waals surface area (Å²) in [5.74, 6) is 0. The minimum atomic E-state index is -1.34. The van der Waals surface area contributed by atoms with Crippen LogP contribution in [0.25, 0.3) is 0 Å². The monoisotopic (exact) mass is 260 g/mol. The van der Waals surface area contributed by atoms with E-state index in [0.717, 1.165) is 0 Å². The average Bonchev–Trinajstić information content (AvgIpc) is 2.37. The Morgan fingerprint density at radius 2 is 1.67 bits per heavy atom. The van der Waals surface area contributed by atoms with Crippen LogP contribution in [0.2, 0.25) is 0 Å². The highest BCUT2D eigenvalue weighted by Crippen LogP contribution is 2.22. The van der Waals surface area contributed by atoms with Gasteiger partial charge < -0.3 is 29.5 Å². The Kier molecular flexibility index (Phi) is 6.48. The largest absolute Gasteiger partial charge is 0.387 e. The number of aliphatic hydroxyl groups is 3. The van der Waals surface area contributed by atoms with E-state index in [2.05, 4.69) is 13.2 Å². The predicted molar refractivity (Wildman–Crippen MR) is 63.8 cm³/mol. The third-order valence-corrected chi connectivity index (χ3v) is 2.56. The maximum Gasteiger partial charge on any atom is 0.187 e. The van der Waals surface area contributed by atoms with Crippen molar-refractivity contribution in [2.75, 3.05) is 19.8 Å². The molecule has 104 valence electrons. The van der Waals surface area contributed by atoms with Gasteiger partial charge in [-0.1, -0.05) is 12.2 Å². The normalized spacial score (nSPS) is 36.3. The van der Waals surface area contributed by atoms with E-state index < -0.39 is 30.7 Å². The highest BCUT2D eigenvalue weighted by molar-refractivity contribution is 4.89. The maximum absolute atomic E-state index is 9.73. The molecular formula is C12H20O6. The highest BCUT2D eigenvalue weighted by atomic mass is 16.7. The minimum Gasteiger partial charge on any atom is -0.387 e. The van der Waals surface area contributed by atoms with Crippen molar-refractivity contribution in [3.63, 3.8) is 0 Å². The standard InChI is InChI=1S/C12H20O6/c1-3-5-16-7-8-9(13)10(14)11(15)12(18-8)17-6-4-2/h3-4,8-15H,1-2,5-7H2/t8-,9+,10+,11-,12+/m1/s1. The van der Waals surface area contributed by atoms with E-state index in [1.54, 1.807) is 6.08 Å². The Morgan fingerprint density at radius 3 is 2.28 bits per heavy atom. The number of hydrogen-bond donors (Lipinski definition) is 3. The van der Waals surface area contributed by atoms with Crippen LogP contribution >= 0.6 is 0 Å². The topological polar surface area (TPSA) is 88.4 Å². The van der Waals surface area contributed by atoms with Gasteiger partial charge in [0.15, 0.2) is 6.29 Å². The molecule has 0 unspecified atom stereocenters. The first-order valence-corrected chi connectivity index (χ1v) is 5.72. The number of ether oxygens (including phenoxy) is 3. The van der Waals surface area contributed by atoms with Gasteiger partial charge >= 0.3 is 0 Å². The maximum atomic E-state index is 9.73. The van der Waals surface area contributed by atoms with Crippen molar-refractivity contribution in [2.24, 2.45) is 0 Å². The van der Waals surface area contributed by atoms with Gasteiger partial charge in [0.25, 0.3) is 0 Å². The minimum absolute atomic E-state index is 0.0743. The van der Waals surface area contributed by atoms with Crippen LogP contribution < -0.4 is 0 Å². The van der Waals surface area contributed by atoms with E-state index in [9.17, 15) is 15.3 Å². The molecule has 1 saturated heterocycles. The molecule has 1 aliphatic rings. The smallest absolute Gasteiger partial charge is 0.187 e. The van der Waals surface area contributed by atoms with Gasteiger partial charge in [-0.3, -0.25) is 0 Å². The van der Waals surface area contributed by atoms with Crippen LogP contribution in [-0.4, -0.2) is 65.8 Å². The molecule has 0 aromatic rings. The van der Waals surface area contributed by atoms with E-state index >= 15 is 0 Å². The van der Waals surface area contributed by atoms with Gasteiger partial charge in [-0.25, -0.2) is 0 Å². The Labute approximate surface area is 106 Å². The molecular weight excluding hydrogens is 240 g/mol. The van der Waals surface area contributed by atoms with Crippen LogP contribution in [0.1, 0.15) is 0 Å². The Hall–Kier alpha value is -0.760. The lowest BCUT2D eigenvalue weighted by molar-refractivity contribution is -0.299. The number of hydrogen-bond acceptors (Lipinski definition) is 6. The molecule has 1 aliphatic heterocycles. The summed E-state index contributed by atoms with van der Waals surface area (Å²) in [7, 11) is 0. The van der Waals surface area contributed by atoms with Crippen LogP contribution in [0.3, 0.4) is 0 Å². The second kappa shape index (κ2) is 7.63. The molecule has 0 saturated carbocycles. The SMILES string of the molecule is C=CCOC[C@H]1O[C@H](OCC=C)[C@H](O)[C@@H](O)[C@H]1O. The van der Waals surface area contributed by atoms with Crippen LogP contribution in [0.15, 0.2) is 25.3 Å². The van der Waals surface area contributed by atoms with Gasteiger partial charge in [-0.05, 0) is 0 Å². The Balaban J connectivity index is 2.55. The summed E-state index contributed by atoms with van der Waals surface area (Å²) in [6, 6.07) is 0. The summed E-state index contributed by atoms with van der Waals surface area (Å²) in [6.07, 6.45) is -2.60. The fourth-order valence-electron chi connectivity index (χ4n) is 1.62. The van der Waals surface area contributed by atoms with Crippen LogP contribution in [0.5, 0.6) is 0 Å². The molecule has 0 amide bonds. The molecule has 0 aromatic carbocycles. The summed E-state index contributed by atoms with van der Waals surface area (Å²) in [5.41, 5.74) is 0. The van der Waals surface area contributed by atoms with Crippen molar-refractivity contribution in [3.05, 3.63) is 25.3 Å². The molecule has 18 heavy (non-hydrogen) atoms. The highest BCUT2D eigenvalue weighted by Gasteiger charge is 2.44. The van der Waals surface area contributed by atoms with E-state index in [1.165, 1.54) is 6.08 Å². The van der Waals surface area contributed by atoms with Gasteiger partial charge in [0.2, 0.25) is 0 Å². The fourth-order valence-corrected chi connectivity index (χ4v) is 1.62. The van der Waals surface area contributed by atoms with Crippen molar-refractivity contribution < 1.29 is 29.5 Å². The fraction of sp³-hybridized carbons (Fsp3) is 0.667. The Bertz CT molecular complexity index is 267. The molecule has 5 atom stereocenters. The summed E-state index contributed by atoms with van der Waals surface area (Å²) in [6.45, 7) is 7.52. The van der Waals surface area contributed by atoms with Crippen molar-refractivity contribution in [2.45, 2.75) is 30.7 Å². The van der Waals surface area contributed by atoms with Gasteiger partial charge in [-0.2, -0.15) is 0 Å². The number of rotatable bonds is 7. The summed E-state index contributed by atoms with van der Waals surface area (Å²) in [5, 5.41) is 29.1. The second-order valence-electron chi connectivity index (χ2n) is 3.96. The number of aliphatic hydroxyl groups excluding tert-OH is 3. The molecule has 1 rings (SSSR count). The summed E-state index contributed by atoms with van der Waals surface area (Å²) < 4.78 is 15.7. The molecule has 1 fully saturated rings. The lowest BCUT2D eigenvalue weighted by Gasteiger charge is -2.39. The molecule has 0 spiro atoms. The molecule has 6 nitrogen and oxygen atoms in total. The molecule has 0 aliphatic carbocycles. The van der Waals surface area contributed by atoms with Crippen LogP contribution in [0.4, 0.5) is 0 Å². The van der Waals surface area contributed by atoms with E-state index in [1.807, 2.05) is 0 Å². The molecule has 6 heteroatoms. The third-order valence-electron chi connectivity index (χ3n) is 2.56. The molecule has 3 N–H and O–H groups in total. The first-order valence-electron chi connectivity index (χ1n) is 5.72. The van der Waals surface area contributed by atoms with Crippen molar-refractivity contribution in [3.8, 4) is 0 Å². The average molecular weight is 260 g/mol. The van der Waals surface area contributed by atoms with Crippen molar-refractivity contribution in [1.82, 2.24) is 0 Å². The van der Waals surface area contributed by atoms with Crippen molar-refractivity contribution >= 4 is 0 Å². The lowest BCUT2D eigenvalue weighted by atomic mass is 9.99. The van der Waals surface area contributed by atoms with E-state index in [-0.39, 0.29) is 13.2 Å².